The zero-order chi connectivity index (χ0) is 28.8. The lowest BCUT2D eigenvalue weighted by Gasteiger charge is -2.35. The fourth-order valence-corrected chi connectivity index (χ4v) is 5.12. The summed E-state index contributed by atoms with van der Waals surface area (Å²) in [6.07, 6.45) is 1.22. The third-order valence-corrected chi connectivity index (χ3v) is 7.77. The second-order valence-corrected chi connectivity index (χ2v) is 11.2. The standard InChI is InChI=1S/C33H46N2O4/c1-9-33(10-2,24-13-19-28(23(5)21-24)39-22-30(36)32(6,7)8)29-20-18-27(35(29)11-3)31(37)34-25-14-16-26(17-15-25)38-12-4/h13-21,30,36H,9-12,22H2,1-8H3,(H,34,37). The van der Waals surface area contributed by atoms with Gasteiger partial charge >= 0.3 is 0 Å². The Labute approximate surface area is 234 Å². The Balaban J connectivity index is 1.90. The fourth-order valence-electron chi connectivity index (χ4n) is 5.12. The predicted molar refractivity (Wildman–Crippen MR) is 159 cm³/mol. The monoisotopic (exact) mass is 534 g/mol. The van der Waals surface area contributed by atoms with Gasteiger partial charge in [0.25, 0.3) is 5.91 Å². The van der Waals surface area contributed by atoms with Crippen molar-refractivity contribution in [3.05, 3.63) is 77.1 Å². The average molecular weight is 535 g/mol. The lowest BCUT2D eigenvalue weighted by molar-refractivity contribution is 0.0216. The van der Waals surface area contributed by atoms with E-state index in [2.05, 4.69) is 48.9 Å². The summed E-state index contributed by atoms with van der Waals surface area (Å²) in [6.45, 7) is 18.0. The van der Waals surface area contributed by atoms with E-state index in [-0.39, 0.29) is 23.3 Å². The highest BCUT2D eigenvalue weighted by Crippen LogP contribution is 2.41. The van der Waals surface area contributed by atoms with Crippen LogP contribution in [0.15, 0.2) is 54.6 Å². The summed E-state index contributed by atoms with van der Waals surface area (Å²) in [4.78, 5) is 13.4. The van der Waals surface area contributed by atoms with Crippen LogP contribution >= 0.6 is 0 Å². The first kappa shape index (κ1) is 30.3. The highest BCUT2D eigenvalue weighted by Gasteiger charge is 2.35. The molecule has 1 atom stereocenters. The molecular formula is C33H46N2O4. The molecule has 1 aromatic heterocycles. The third kappa shape index (κ3) is 6.67. The van der Waals surface area contributed by atoms with E-state index >= 15 is 0 Å². The zero-order valence-corrected chi connectivity index (χ0v) is 24.9. The topological polar surface area (TPSA) is 72.7 Å². The molecule has 3 aromatic rings. The van der Waals surface area contributed by atoms with Gasteiger partial charge in [0, 0.05) is 23.3 Å². The van der Waals surface area contributed by atoms with Crippen molar-refractivity contribution in [1.29, 1.82) is 0 Å². The molecule has 0 aliphatic heterocycles. The zero-order valence-electron chi connectivity index (χ0n) is 24.9. The number of carbonyl (C=O) groups is 1. The van der Waals surface area contributed by atoms with Crippen molar-refractivity contribution >= 4 is 11.6 Å². The minimum Gasteiger partial charge on any atom is -0.494 e. The summed E-state index contributed by atoms with van der Waals surface area (Å²) in [7, 11) is 0. The number of aryl methyl sites for hydroxylation is 1. The molecule has 6 heteroatoms. The van der Waals surface area contributed by atoms with E-state index in [1.165, 1.54) is 5.56 Å². The smallest absolute Gasteiger partial charge is 0.272 e. The molecule has 2 aromatic carbocycles. The van der Waals surface area contributed by atoms with Crippen LogP contribution in [0.1, 0.15) is 88.6 Å². The number of anilines is 1. The summed E-state index contributed by atoms with van der Waals surface area (Å²) < 4.78 is 13.7. The number of benzene rings is 2. The molecule has 0 spiro atoms. The molecule has 1 unspecified atom stereocenters. The lowest BCUT2D eigenvalue weighted by Crippen LogP contribution is -2.32. The number of nitrogens with zero attached hydrogens (tertiary/aromatic N) is 1. The summed E-state index contributed by atoms with van der Waals surface area (Å²) in [5.74, 6) is 1.43. The molecule has 0 aliphatic carbocycles. The number of aliphatic hydroxyl groups is 1. The van der Waals surface area contributed by atoms with Gasteiger partial charge in [-0.05, 0) is 92.6 Å². The highest BCUT2D eigenvalue weighted by molar-refractivity contribution is 6.03. The molecule has 3 rings (SSSR count). The quantitative estimate of drug-likeness (QED) is 0.255. The van der Waals surface area contributed by atoms with Gasteiger partial charge < -0.3 is 24.5 Å². The van der Waals surface area contributed by atoms with E-state index in [9.17, 15) is 9.90 Å². The first-order valence-corrected chi connectivity index (χ1v) is 14.2. The Hall–Kier alpha value is -3.25. The Morgan fingerprint density at radius 2 is 1.62 bits per heavy atom. The van der Waals surface area contributed by atoms with E-state index < -0.39 is 6.10 Å². The maximum atomic E-state index is 13.4. The molecule has 1 amide bonds. The van der Waals surface area contributed by atoms with Gasteiger partial charge in [-0.15, -0.1) is 0 Å². The molecule has 212 valence electrons. The second-order valence-electron chi connectivity index (χ2n) is 11.2. The first-order chi connectivity index (χ1) is 18.5. The fraction of sp³-hybridized carbons (Fsp3) is 0.485. The normalized spacial score (nSPS) is 12.7. The minimum atomic E-state index is -0.554. The van der Waals surface area contributed by atoms with Crippen LogP contribution in [-0.2, 0) is 12.0 Å². The van der Waals surface area contributed by atoms with Crippen LogP contribution < -0.4 is 14.8 Å². The van der Waals surface area contributed by atoms with Crippen LogP contribution in [0.5, 0.6) is 11.5 Å². The second kappa shape index (κ2) is 12.7. The van der Waals surface area contributed by atoms with E-state index in [0.717, 1.165) is 41.3 Å². The highest BCUT2D eigenvalue weighted by atomic mass is 16.5. The van der Waals surface area contributed by atoms with Crippen LogP contribution in [0.4, 0.5) is 5.69 Å². The SMILES string of the molecule is CCOc1ccc(NC(=O)c2ccc(C(CC)(CC)c3ccc(OCC(O)C(C)(C)C)c(C)c3)n2CC)cc1. The number of nitrogens with one attached hydrogen (secondary N) is 1. The Bertz CT molecular complexity index is 1230. The number of aromatic nitrogens is 1. The maximum absolute atomic E-state index is 13.4. The molecule has 0 saturated carbocycles. The molecule has 1 heterocycles. The number of ether oxygens (including phenoxy) is 2. The van der Waals surface area contributed by atoms with Crippen LogP contribution in [-0.4, -0.2) is 34.9 Å². The summed E-state index contributed by atoms with van der Waals surface area (Å²) in [5.41, 5.74) is 4.22. The van der Waals surface area contributed by atoms with Gasteiger partial charge in [-0.25, -0.2) is 0 Å². The lowest BCUT2D eigenvalue weighted by atomic mass is 9.72. The van der Waals surface area contributed by atoms with Crippen molar-refractivity contribution in [3.63, 3.8) is 0 Å². The molecule has 0 fully saturated rings. The molecule has 6 nitrogen and oxygen atoms in total. The van der Waals surface area contributed by atoms with E-state index in [0.29, 0.717) is 18.8 Å². The van der Waals surface area contributed by atoms with Gasteiger partial charge in [-0.2, -0.15) is 0 Å². The largest absolute Gasteiger partial charge is 0.494 e. The molecule has 0 radical (unpaired) electrons. The van der Waals surface area contributed by atoms with Crippen molar-refractivity contribution in [2.75, 3.05) is 18.5 Å². The Morgan fingerprint density at radius 3 is 2.15 bits per heavy atom. The van der Waals surface area contributed by atoms with Gasteiger partial charge in [-0.3, -0.25) is 4.79 Å². The number of aliphatic hydroxyl groups excluding tert-OH is 1. The average Bonchev–Trinajstić information content (AvgIpc) is 3.34. The number of amides is 1. The van der Waals surface area contributed by atoms with Gasteiger partial charge in [0.2, 0.25) is 0 Å². The van der Waals surface area contributed by atoms with Crippen LogP contribution in [0.2, 0.25) is 0 Å². The predicted octanol–water partition coefficient (Wildman–Crippen LogP) is 7.36. The number of hydrogen-bond acceptors (Lipinski definition) is 4. The summed E-state index contributed by atoms with van der Waals surface area (Å²) in [6, 6.07) is 17.8. The first-order valence-electron chi connectivity index (χ1n) is 14.2. The molecule has 0 saturated heterocycles. The Morgan fingerprint density at radius 1 is 0.949 bits per heavy atom. The van der Waals surface area contributed by atoms with Crippen molar-refractivity contribution in [2.45, 2.75) is 86.3 Å². The molecule has 2 N–H and O–H groups in total. The number of hydrogen-bond donors (Lipinski definition) is 2. The molecule has 39 heavy (non-hydrogen) atoms. The maximum Gasteiger partial charge on any atom is 0.272 e. The summed E-state index contributed by atoms with van der Waals surface area (Å²) >= 11 is 0. The van der Waals surface area contributed by atoms with E-state index in [1.807, 2.05) is 71.0 Å². The van der Waals surface area contributed by atoms with Crippen LogP contribution in [0.3, 0.4) is 0 Å². The van der Waals surface area contributed by atoms with Crippen molar-refractivity contribution in [1.82, 2.24) is 4.57 Å². The van der Waals surface area contributed by atoms with E-state index in [1.54, 1.807) is 0 Å². The minimum absolute atomic E-state index is 0.134. The number of rotatable bonds is 12. The van der Waals surface area contributed by atoms with Gasteiger partial charge in [0.05, 0.1) is 12.7 Å². The molecular weight excluding hydrogens is 488 g/mol. The van der Waals surface area contributed by atoms with Crippen molar-refractivity contribution in [2.24, 2.45) is 5.41 Å². The summed E-state index contributed by atoms with van der Waals surface area (Å²) in [5, 5.41) is 13.5. The van der Waals surface area contributed by atoms with E-state index in [4.69, 9.17) is 9.47 Å². The Kier molecular flexibility index (Phi) is 9.89. The van der Waals surface area contributed by atoms with Gasteiger partial charge in [-0.1, -0.05) is 46.8 Å². The third-order valence-electron chi connectivity index (χ3n) is 7.77. The van der Waals surface area contributed by atoms with Crippen molar-refractivity contribution < 1.29 is 19.4 Å². The van der Waals surface area contributed by atoms with Crippen LogP contribution in [0, 0.1) is 12.3 Å². The molecule has 0 aliphatic rings. The van der Waals surface area contributed by atoms with Crippen molar-refractivity contribution in [3.8, 4) is 11.5 Å². The number of carbonyl (C=O) groups excluding carboxylic acids is 1. The molecule has 0 bridgehead atoms. The van der Waals surface area contributed by atoms with Gasteiger partial charge in [0.1, 0.15) is 23.8 Å². The van der Waals surface area contributed by atoms with Crippen LogP contribution in [0.25, 0.3) is 0 Å². The van der Waals surface area contributed by atoms with Gasteiger partial charge in [0.15, 0.2) is 0 Å².